The number of ether oxygens (including phenoxy) is 1. The summed E-state index contributed by atoms with van der Waals surface area (Å²) in [6, 6.07) is 0. The molecule has 4 heteroatoms. The van der Waals surface area contributed by atoms with Gasteiger partial charge in [0, 0.05) is 13.0 Å². The molecule has 0 aromatic rings. The van der Waals surface area contributed by atoms with Crippen molar-refractivity contribution in [3.8, 4) is 0 Å². The minimum absolute atomic E-state index is 0.141. The minimum Gasteiger partial charge on any atom is -0.390 e. The van der Waals surface area contributed by atoms with Crippen molar-refractivity contribution in [1.82, 2.24) is 0 Å². The summed E-state index contributed by atoms with van der Waals surface area (Å²) < 4.78 is 5.65. The second-order valence-corrected chi connectivity index (χ2v) is 5.07. The van der Waals surface area contributed by atoms with Crippen LogP contribution in [0.5, 0.6) is 0 Å². The molecule has 1 aliphatic heterocycles. The lowest BCUT2D eigenvalue weighted by Gasteiger charge is -2.43. The van der Waals surface area contributed by atoms with E-state index in [4.69, 9.17) is 10.5 Å². The molecule has 0 saturated carbocycles. The minimum atomic E-state index is -0.808. The lowest BCUT2D eigenvalue weighted by Crippen LogP contribution is -2.54. The number of aliphatic hydroxyl groups is 2. The van der Waals surface area contributed by atoms with Crippen molar-refractivity contribution >= 4 is 0 Å². The molecule has 0 radical (unpaired) electrons. The van der Waals surface area contributed by atoms with Gasteiger partial charge in [-0.05, 0) is 5.41 Å². The van der Waals surface area contributed by atoms with Crippen LogP contribution in [0, 0.1) is 5.41 Å². The summed E-state index contributed by atoms with van der Waals surface area (Å²) in [7, 11) is 0. The fourth-order valence-corrected chi connectivity index (χ4v) is 1.82. The highest BCUT2D eigenvalue weighted by Gasteiger charge is 2.42. The fraction of sp³-hybridized carbons (Fsp3) is 1.00. The Hall–Kier alpha value is -0.160. The molecule has 1 rings (SSSR count). The monoisotopic (exact) mass is 203 g/mol. The van der Waals surface area contributed by atoms with E-state index in [0.29, 0.717) is 13.0 Å². The maximum atomic E-state index is 9.77. The van der Waals surface area contributed by atoms with Crippen LogP contribution in [0.2, 0.25) is 0 Å². The molecule has 0 aliphatic carbocycles. The molecule has 4 atom stereocenters. The van der Waals surface area contributed by atoms with Gasteiger partial charge >= 0.3 is 0 Å². The summed E-state index contributed by atoms with van der Waals surface area (Å²) in [5, 5.41) is 19.4. The van der Waals surface area contributed by atoms with Crippen LogP contribution in [0.25, 0.3) is 0 Å². The molecule has 4 N–H and O–H groups in total. The van der Waals surface area contributed by atoms with Crippen LogP contribution in [0.1, 0.15) is 27.2 Å². The lowest BCUT2D eigenvalue weighted by atomic mass is 9.81. The van der Waals surface area contributed by atoms with Crippen LogP contribution in [-0.2, 0) is 4.74 Å². The first-order valence-electron chi connectivity index (χ1n) is 5.08. The number of rotatable bonds is 1. The SMILES string of the molecule is CC(C)(C)C1OC(CN)CC(O)C1O. The third-order valence-corrected chi connectivity index (χ3v) is 2.66. The van der Waals surface area contributed by atoms with Gasteiger partial charge in [0.1, 0.15) is 6.10 Å². The molecule has 0 spiro atoms. The zero-order valence-electron chi connectivity index (χ0n) is 9.10. The van der Waals surface area contributed by atoms with Gasteiger partial charge in [0.2, 0.25) is 0 Å². The van der Waals surface area contributed by atoms with Crippen LogP contribution < -0.4 is 5.73 Å². The first kappa shape index (κ1) is 11.9. The Balaban J connectivity index is 2.73. The Bertz CT molecular complexity index is 190. The number of aliphatic hydroxyl groups excluding tert-OH is 2. The van der Waals surface area contributed by atoms with Crippen LogP contribution in [0.15, 0.2) is 0 Å². The van der Waals surface area contributed by atoms with E-state index in [1.165, 1.54) is 0 Å². The lowest BCUT2D eigenvalue weighted by molar-refractivity contribution is -0.196. The molecule has 0 aromatic heterocycles. The van der Waals surface area contributed by atoms with E-state index in [9.17, 15) is 10.2 Å². The Morgan fingerprint density at radius 1 is 1.36 bits per heavy atom. The van der Waals surface area contributed by atoms with E-state index in [1.54, 1.807) is 0 Å². The van der Waals surface area contributed by atoms with Crippen molar-refractivity contribution in [2.75, 3.05) is 6.54 Å². The van der Waals surface area contributed by atoms with Gasteiger partial charge in [-0.3, -0.25) is 0 Å². The zero-order chi connectivity index (χ0) is 10.9. The average Bonchev–Trinajstić information content (AvgIpc) is 2.07. The summed E-state index contributed by atoms with van der Waals surface area (Å²) in [5.41, 5.74) is 5.31. The molecule has 1 fully saturated rings. The smallest absolute Gasteiger partial charge is 0.107 e. The van der Waals surface area contributed by atoms with Crippen molar-refractivity contribution in [2.24, 2.45) is 11.1 Å². The summed E-state index contributed by atoms with van der Waals surface area (Å²) in [4.78, 5) is 0. The molecule has 1 heterocycles. The third kappa shape index (κ3) is 2.45. The predicted octanol–water partition coefficient (Wildman–Crippen LogP) is -0.130. The zero-order valence-corrected chi connectivity index (χ0v) is 9.10. The Labute approximate surface area is 85.1 Å². The summed E-state index contributed by atoms with van der Waals surface area (Å²) >= 11 is 0. The molecule has 1 saturated heterocycles. The van der Waals surface area contributed by atoms with Gasteiger partial charge in [0.25, 0.3) is 0 Å². The second kappa shape index (κ2) is 4.14. The molecule has 4 nitrogen and oxygen atoms in total. The Morgan fingerprint density at radius 2 is 1.93 bits per heavy atom. The molecular formula is C10H21NO3. The molecule has 14 heavy (non-hydrogen) atoms. The molecule has 84 valence electrons. The van der Waals surface area contributed by atoms with Crippen molar-refractivity contribution in [3.05, 3.63) is 0 Å². The van der Waals surface area contributed by atoms with E-state index in [-0.39, 0.29) is 17.6 Å². The van der Waals surface area contributed by atoms with Crippen molar-refractivity contribution in [2.45, 2.75) is 51.6 Å². The van der Waals surface area contributed by atoms with Gasteiger partial charge in [-0.2, -0.15) is 0 Å². The van der Waals surface area contributed by atoms with E-state index in [2.05, 4.69) is 0 Å². The first-order chi connectivity index (χ1) is 6.36. The number of nitrogens with two attached hydrogens (primary N) is 1. The van der Waals surface area contributed by atoms with Gasteiger partial charge in [0.15, 0.2) is 0 Å². The normalized spacial score (nSPS) is 39.9. The van der Waals surface area contributed by atoms with Gasteiger partial charge in [-0.25, -0.2) is 0 Å². The van der Waals surface area contributed by atoms with Gasteiger partial charge in [-0.15, -0.1) is 0 Å². The van der Waals surface area contributed by atoms with Crippen LogP contribution in [-0.4, -0.2) is 41.2 Å². The van der Waals surface area contributed by atoms with Crippen molar-refractivity contribution < 1.29 is 14.9 Å². The number of hydrogen-bond donors (Lipinski definition) is 3. The third-order valence-electron chi connectivity index (χ3n) is 2.66. The molecule has 4 unspecified atom stereocenters. The molecule has 0 amide bonds. The second-order valence-electron chi connectivity index (χ2n) is 5.07. The van der Waals surface area contributed by atoms with Crippen molar-refractivity contribution in [1.29, 1.82) is 0 Å². The highest BCUT2D eigenvalue weighted by atomic mass is 16.5. The van der Waals surface area contributed by atoms with Gasteiger partial charge < -0.3 is 20.7 Å². The van der Waals surface area contributed by atoms with E-state index in [1.807, 2.05) is 20.8 Å². The summed E-state index contributed by atoms with van der Waals surface area (Å²) in [5.74, 6) is 0. The molecule has 0 aromatic carbocycles. The quantitative estimate of drug-likeness (QED) is 0.555. The molecule has 0 bridgehead atoms. The maximum absolute atomic E-state index is 9.77. The highest BCUT2D eigenvalue weighted by Crippen LogP contribution is 2.32. The fourth-order valence-electron chi connectivity index (χ4n) is 1.82. The van der Waals surface area contributed by atoms with E-state index < -0.39 is 12.2 Å². The molecule has 1 aliphatic rings. The van der Waals surface area contributed by atoms with Gasteiger partial charge in [-0.1, -0.05) is 20.8 Å². The van der Waals surface area contributed by atoms with Crippen LogP contribution >= 0.6 is 0 Å². The van der Waals surface area contributed by atoms with E-state index in [0.717, 1.165) is 0 Å². The summed E-state index contributed by atoms with van der Waals surface area (Å²) in [6.07, 6.45) is -1.60. The van der Waals surface area contributed by atoms with Crippen LogP contribution in [0.3, 0.4) is 0 Å². The van der Waals surface area contributed by atoms with Crippen molar-refractivity contribution in [3.63, 3.8) is 0 Å². The first-order valence-corrected chi connectivity index (χ1v) is 5.08. The highest BCUT2D eigenvalue weighted by molar-refractivity contribution is 4.91. The van der Waals surface area contributed by atoms with E-state index >= 15 is 0 Å². The predicted molar refractivity (Wildman–Crippen MR) is 53.8 cm³/mol. The topological polar surface area (TPSA) is 75.7 Å². The molecular weight excluding hydrogens is 182 g/mol. The Kier molecular flexibility index (Phi) is 3.53. The largest absolute Gasteiger partial charge is 0.390 e. The maximum Gasteiger partial charge on any atom is 0.107 e. The summed E-state index contributed by atoms with van der Waals surface area (Å²) in [6.45, 7) is 6.32. The number of hydrogen-bond acceptors (Lipinski definition) is 4. The average molecular weight is 203 g/mol. The Morgan fingerprint density at radius 3 is 2.36 bits per heavy atom. The standard InChI is InChI=1S/C10H21NO3/c1-10(2,3)9-8(13)7(12)4-6(5-11)14-9/h6-9,12-13H,4-5,11H2,1-3H3. The van der Waals surface area contributed by atoms with Gasteiger partial charge in [0.05, 0.1) is 18.3 Å². The van der Waals surface area contributed by atoms with Crippen LogP contribution in [0.4, 0.5) is 0 Å².